The molecule has 3 N–H and O–H groups in total. The van der Waals surface area contributed by atoms with Crippen molar-refractivity contribution in [1.82, 2.24) is 20.5 Å². The molecule has 0 aromatic carbocycles. The molecule has 1 aliphatic carbocycles. The van der Waals surface area contributed by atoms with Gasteiger partial charge in [0.2, 0.25) is 5.91 Å². The van der Waals surface area contributed by atoms with E-state index in [0.717, 1.165) is 18.9 Å². The zero-order valence-corrected chi connectivity index (χ0v) is 19.6. The second-order valence-corrected chi connectivity index (χ2v) is 9.80. The molecule has 0 unspecified atom stereocenters. The van der Waals surface area contributed by atoms with Crippen molar-refractivity contribution in [2.24, 2.45) is 5.92 Å². The fourth-order valence-corrected chi connectivity index (χ4v) is 4.38. The van der Waals surface area contributed by atoms with Gasteiger partial charge in [0.25, 0.3) is 0 Å². The van der Waals surface area contributed by atoms with E-state index < -0.39 is 18.0 Å². The van der Waals surface area contributed by atoms with Gasteiger partial charge in [-0.2, -0.15) is 18.3 Å². The van der Waals surface area contributed by atoms with Gasteiger partial charge in [0.05, 0.1) is 30.1 Å². The number of hydrogen-bond donors (Lipinski definition) is 3. The Morgan fingerprint density at radius 2 is 2.11 bits per heavy atom. The van der Waals surface area contributed by atoms with Gasteiger partial charge in [-0.05, 0) is 38.3 Å². The molecule has 5 rings (SSSR count). The summed E-state index contributed by atoms with van der Waals surface area (Å²) in [5, 5.41) is 12.6. The van der Waals surface area contributed by atoms with Gasteiger partial charge in [0.1, 0.15) is 17.9 Å². The fourth-order valence-electron chi connectivity index (χ4n) is 4.38. The monoisotopic (exact) mass is 508 g/mol. The quantitative estimate of drug-likeness (QED) is 0.547. The van der Waals surface area contributed by atoms with Gasteiger partial charge in [0, 0.05) is 31.1 Å². The first-order valence-corrected chi connectivity index (χ1v) is 11.8. The lowest BCUT2D eigenvalue weighted by molar-refractivity contribution is -0.141. The smallest absolute Gasteiger partial charge is 0.433 e. The summed E-state index contributed by atoms with van der Waals surface area (Å²) in [6.45, 7) is 3.13. The van der Waals surface area contributed by atoms with E-state index in [1.54, 1.807) is 6.07 Å². The van der Waals surface area contributed by atoms with E-state index in [9.17, 15) is 22.8 Å². The standard InChI is InChI=1S/C23H27F3N6O4/c1-22(5-6-22)29-21(34)36-15-8-17(35-12-15)16-9-19(31-30-16)28-20(33)13-4-7-32(11-13)14-2-3-18(27-10-14)23(24,25)26/h2-3,9-10,13,15,17H,4-8,11-12H2,1H3,(H,29,34)(H2,28,30,31,33)/t13-,15+,17+/m0/s1. The number of amides is 2. The van der Waals surface area contributed by atoms with Crippen molar-refractivity contribution in [3.05, 3.63) is 35.8 Å². The van der Waals surface area contributed by atoms with Crippen molar-refractivity contribution in [3.63, 3.8) is 0 Å². The van der Waals surface area contributed by atoms with Crippen LogP contribution in [-0.2, 0) is 20.4 Å². The second kappa shape index (κ2) is 9.26. The molecule has 2 aromatic rings. The van der Waals surface area contributed by atoms with Gasteiger partial charge in [0.15, 0.2) is 5.82 Å². The summed E-state index contributed by atoms with van der Waals surface area (Å²) >= 11 is 0. The van der Waals surface area contributed by atoms with Crippen molar-refractivity contribution < 1.29 is 32.2 Å². The lowest BCUT2D eigenvalue weighted by Gasteiger charge is -2.18. The number of rotatable bonds is 6. The highest BCUT2D eigenvalue weighted by molar-refractivity contribution is 5.92. The van der Waals surface area contributed by atoms with E-state index in [0.29, 0.717) is 43.1 Å². The van der Waals surface area contributed by atoms with Gasteiger partial charge in [-0.1, -0.05) is 0 Å². The first-order chi connectivity index (χ1) is 17.1. The molecule has 2 amide bonds. The number of nitrogens with one attached hydrogen (secondary N) is 3. The number of anilines is 2. The van der Waals surface area contributed by atoms with Crippen LogP contribution < -0.4 is 15.5 Å². The molecule has 3 aliphatic rings. The molecule has 2 aromatic heterocycles. The fraction of sp³-hybridized carbons (Fsp3) is 0.565. The van der Waals surface area contributed by atoms with Gasteiger partial charge in [-0.3, -0.25) is 9.89 Å². The van der Waals surface area contributed by atoms with Crippen LogP contribution in [0.15, 0.2) is 24.4 Å². The number of aromatic nitrogens is 3. The van der Waals surface area contributed by atoms with E-state index in [1.807, 2.05) is 11.8 Å². The molecule has 2 saturated heterocycles. The number of alkyl halides is 3. The maximum absolute atomic E-state index is 12.7. The summed E-state index contributed by atoms with van der Waals surface area (Å²) in [6.07, 6.45) is -1.56. The average molecular weight is 509 g/mol. The Balaban J connectivity index is 1.10. The van der Waals surface area contributed by atoms with E-state index in [-0.39, 0.29) is 36.2 Å². The predicted molar refractivity (Wildman–Crippen MR) is 121 cm³/mol. The number of aromatic amines is 1. The molecule has 2 aliphatic heterocycles. The molecule has 3 fully saturated rings. The van der Waals surface area contributed by atoms with Crippen molar-refractivity contribution >= 4 is 23.5 Å². The van der Waals surface area contributed by atoms with Crippen molar-refractivity contribution in [2.75, 3.05) is 29.9 Å². The number of ether oxygens (including phenoxy) is 2. The second-order valence-electron chi connectivity index (χ2n) is 9.80. The van der Waals surface area contributed by atoms with Crippen LogP contribution in [0.25, 0.3) is 0 Å². The highest BCUT2D eigenvalue weighted by atomic mass is 19.4. The number of carbonyl (C=O) groups is 2. The van der Waals surface area contributed by atoms with Crippen molar-refractivity contribution in [2.45, 2.75) is 56.5 Å². The van der Waals surface area contributed by atoms with Crippen LogP contribution in [0.3, 0.4) is 0 Å². The molecule has 1 saturated carbocycles. The van der Waals surface area contributed by atoms with Crippen LogP contribution in [0.5, 0.6) is 0 Å². The molecule has 0 radical (unpaired) electrons. The zero-order chi connectivity index (χ0) is 25.5. The Kier molecular flexibility index (Phi) is 6.27. The van der Waals surface area contributed by atoms with E-state index in [4.69, 9.17) is 9.47 Å². The summed E-state index contributed by atoms with van der Waals surface area (Å²) in [7, 11) is 0. The summed E-state index contributed by atoms with van der Waals surface area (Å²) in [6, 6.07) is 3.99. The Labute approximate surface area is 204 Å². The van der Waals surface area contributed by atoms with Crippen LogP contribution in [-0.4, -0.2) is 58.5 Å². The minimum atomic E-state index is -4.49. The maximum atomic E-state index is 12.7. The Morgan fingerprint density at radius 1 is 1.31 bits per heavy atom. The number of nitrogens with zero attached hydrogens (tertiary/aromatic N) is 3. The van der Waals surface area contributed by atoms with E-state index >= 15 is 0 Å². The molecule has 3 atom stereocenters. The van der Waals surface area contributed by atoms with Crippen LogP contribution >= 0.6 is 0 Å². The number of pyridine rings is 1. The van der Waals surface area contributed by atoms with Gasteiger partial charge in [-0.25, -0.2) is 9.78 Å². The van der Waals surface area contributed by atoms with Crippen LogP contribution in [0.4, 0.5) is 29.5 Å². The number of alkyl carbamates (subject to hydrolysis) is 1. The number of hydrogen-bond acceptors (Lipinski definition) is 7. The van der Waals surface area contributed by atoms with Gasteiger partial charge in [-0.15, -0.1) is 0 Å². The van der Waals surface area contributed by atoms with E-state index in [1.165, 1.54) is 12.3 Å². The Hall–Kier alpha value is -3.35. The van der Waals surface area contributed by atoms with Crippen LogP contribution in [0.2, 0.25) is 0 Å². The Bertz CT molecular complexity index is 1120. The van der Waals surface area contributed by atoms with Gasteiger partial charge >= 0.3 is 12.3 Å². The van der Waals surface area contributed by atoms with Crippen molar-refractivity contribution in [3.8, 4) is 0 Å². The topological polar surface area (TPSA) is 121 Å². The highest BCUT2D eigenvalue weighted by Crippen LogP contribution is 2.35. The zero-order valence-electron chi connectivity index (χ0n) is 19.6. The summed E-state index contributed by atoms with van der Waals surface area (Å²) in [5.41, 5.74) is 0.0940. The normalized spacial score (nSPS) is 25.0. The van der Waals surface area contributed by atoms with Crippen molar-refractivity contribution in [1.29, 1.82) is 0 Å². The molecule has 13 heteroatoms. The largest absolute Gasteiger partial charge is 0.444 e. The SMILES string of the molecule is CC1(NC(=O)O[C@H]2CO[C@@H](c3cc(NC(=O)[C@H]4CCN(c5ccc(C(F)(F)F)nc5)C4)n[nH]3)C2)CC1. The average Bonchev–Trinajstić information content (AvgIpc) is 3.29. The number of carbonyl (C=O) groups excluding carboxylic acids is 2. The third-order valence-electron chi connectivity index (χ3n) is 6.80. The van der Waals surface area contributed by atoms with E-state index in [2.05, 4.69) is 25.8 Å². The molecule has 10 nitrogen and oxygen atoms in total. The molecule has 0 spiro atoms. The van der Waals surface area contributed by atoms with Crippen LogP contribution in [0.1, 0.15) is 50.1 Å². The molecule has 194 valence electrons. The first kappa shape index (κ1) is 24.3. The van der Waals surface area contributed by atoms with Gasteiger partial charge < -0.3 is 25.0 Å². The number of halogens is 3. The maximum Gasteiger partial charge on any atom is 0.433 e. The lowest BCUT2D eigenvalue weighted by Crippen LogP contribution is -2.37. The molecule has 4 heterocycles. The lowest BCUT2D eigenvalue weighted by atomic mass is 10.1. The van der Waals surface area contributed by atoms with Crippen LogP contribution in [0, 0.1) is 5.92 Å². The minimum absolute atomic E-state index is 0.155. The number of H-pyrrole nitrogens is 1. The third-order valence-corrected chi connectivity index (χ3v) is 6.80. The minimum Gasteiger partial charge on any atom is -0.444 e. The molecular formula is C23H27F3N6O4. The summed E-state index contributed by atoms with van der Waals surface area (Å²) in [5.74, 6) is -0.231. The first-order valence-electron chi connectivity index (χ1n) is 11.8. The molecular weight excluding hydrogens is 481 g/mol. The molecule has 0 bridgehead atoms. The molecule has 36 heavy (non-hydrogen) atoms. The summed E-state index contributed by atoms with van der Waals surface area (Å²) in [4.78, 5) is 30.1. The highest BCUT2D eigenvalue weighted by Gasteiger charge is 2.40. The summed E-state index contributed by atoms with van der Waals surface area (Å²) < 4.78 is 49.4. The third kappa shape index (κ3) is 5.55. The Morgan fingerprint density at radius 3 is 2.81 bits per heavy atom. The predicted octanol–water partition coefficient (Wildman–Crippen LogP) is 3.40.